The molecule has 10 heteroatoms. The molecule has 6 nitrogen and oxygen atoms in total. The van der Waals surface area contributed by atoms with Crippen molar-refractivity contribution in [3.8, 4) is 5.88 Å². The largest absolute Gasteiger partial charge is 0.479 e. The molecule has 0 saturated carbocycles. The van der Waals surface area contributed by atoms with Crippen molar-refractivity contribution in [3.05, 3.63) is 35.8 Å². The van der Waals surface area contributed by atoms with Crippen LogP contribution >= 0.6 is 0 Å². The summed E-state index contributed by atoms with van der Waals surface area (Å²) in [6.07, 6.45) is -3.76. The fourth-order valence-corrected chi connectivity index (χ4v) is 2.25. The Morgan fingerprint density at radius 3 is 2.60 bits per heavy atom. The van der Waals surface area contributed by atoms with E-state index in [2.05, 4.69) is 16.7 Å². The predicted octanol–water partition coefficient (Wildman–Crippen LogP) is 3.34. The van der Waals surface area contributed by atoms with Crippen molar-refractivity contribution in [1.82, 2.24) is 14.8 Å². The molecule has 25 heavy (non-hydrogen) atoms. The van der Waals surface area contributed by atoms with Crippen molar-refractivity contribution in [2.75, 3.05) is 6.61 Å². The van der Waals surface area contributed by atoms with Crippen LogP contribution in [0.3, 0.4) is 0 Å². The summed E-state index contributed by atoms with van der Waals surface area (Å²) >= 11 is 0. The number of fused-ring (bicyclic) bond motifs is 1. The van der Waals surface area contributed by atoms with E-state index in [4.69, 9.17) is 9.84 Å². The van der Waals surface area contributed by atoms with Crippen LogP contribution in [0, 0.1) is 0 Å². The van der Waals surface area contributed by atoms with Crippen molar-refractivity contribution in [2.45, 2.75) is 13.1 Å². The predicted molar refractivity (Wildman–Crippen MR) is 80.5 cm³/mol. The van der Waals surface area contributed by atoms with Crippen molar-refractivity contribution in [3.63, 3.8) is 0 Å². The summed E-state index contributed by atoms with van der Waals surface area (Å²) in [5, 5.41) is 12.1. The molecule has 0 atom stereocenters. The first-order valence-electron chi connectivity index (χ1n) is 6.85. The Morgan fingerprint density at radius 1 is 1.48 bits per heavy atom. The van der Waals surface area contributed by atoms with E-state index in [-0.39, 0.29) is 16.9 Å². The van der Waals surface area contributed by atoms with E-state index < -0.39 is 41.4 Å². The van der Waals surface area contributed by atoms with E-state index in [9.17, 15) is 22.4 Å². The van der Waals surface area contributed by atoms with Gasteiger partial charge in [-0.2, -0.15) is 23.3 Å². The van der Waals surface area contributed by atoms with Gasteiger partial charge in [-0.1, -0.05) is 12.7 Å². The number of rotatable bonds is 5. The van der Waals surface area contributed by atoms with Gasteiger partial charge in [-0.3, -0.25) is 0 Å². The fraction of sp³-hybridized carbons (Fsp3) is 0.267. The number of carboxylic acids is 1. The van der Waals surface area contributed by atoms with E-state index in [1.807, 2.05) is 0 Å². The number of hydrogen-bond donors (Lipinski definition) is 1. The maximum absolute atomic E-state index is 13.7. The lowest BCUT2D eigenvalue weighted by Gasteiger charge is -2.11. The highest BCUT2D eigenvalue weighted by atomic mass is 19.4. The van der Waals surface area contributed by atoms with Gasteiger partial charge in [0.15, 0.2) is 12.3 Å². The van der Waals surface area contributed by atoms with Crippen LogP contribution in [0.2, 0.25) is 0 Å². The summed E-state index contributed by atoms with van der Waals surface area (Å²) in [6, 6.07) is 0.560. The molecule has 0 fully saturated rings. The number of nitrogens with zero attached hydrogens (tertiary/aromatic N) is 3. The first-order chi connectivity index (χ1) is 11.6. The zero-order valence-electron chi connectivity index (χ0n) is 13.2. The highest BCUT2D eigenvalue weighted by Gasteiger charge is 2.36. The smallest absolute Gasteiger partial charge is 0.417 e. The maximum Gasteiger partial charge on any atom is 0.417 e. The lowest BCUT2D eigenvalue weighted by molar-refractivity contribution is -0.139. The lowest BCUT2D eigenvalue weighted by Crippen LogP contribution is -2.13. The molecule has 0 saturated heterocycles. The fourth-order valence-electron chi connectivity index (χ4n) is 2.25. The molecule has 0 aromatic carbocycles. The van der Waals surface area contributed by atoms with Crippen LogP contribution < -0.4 is 4.74 Å². The molecule has 2 aromatic heterocycles. The van der Waals surface area contributed by atoms with Crippen LogP contribution in [0.25, 0.3) is 16.6 Å². The Morgan fingerprint density at radius 2 is 2.12 bits per heavy atom. The topological polar surface area (TPSA) is 77.2 Å². The van der Waals surface area contributed by atoms with E-state index in [0.29, 0.717) is 6.07 Å². The van der Waals surface area contributed by atoms with Gasteiger partial charge in [0.25, 0.3) is 0 Å². The van der Waals surface area contributed by atoms with Gasteiger partial charge in [0.2, 0.25) is 5.88 Å². The van der Waals surface area contributed by atoms with Crippen LogP contribution in [0.5, 0.6) is 5.88 Å². The molecule has 2 rings (SSSR count). The van der Waals surface area contributed by atoms with Crippen LogP contribution in [0.4, 0.5) is 17.6 Å². The number of carbonyl (C=O) groups is 1. The van der Waals surface area contributed by atoms with Gasteiger partial charge in [-0.15, -0.1) is 0 Å². The van der Waals surface area contributed by atoms with E-state index in [1.54, 1.807) is 0 Å². The van der Waals surface area contributed by atoms with Crippen molar-refractivity contribution in [2.24, 2.45) is 7.05 Å². The number of pyridine rings is 1. The molecule has 0 bridgehead atoms. The number of halogens is 4. The van der Waals surface area contributed by atoms with Crippen molar-refractivity contribution >= 4 is 22.6 Å². The molecule has 0 radical (unpaired) electrons. The Kier molecular flexibility index (Phi) is 4.82. The maximum atomic E-state index is 13.7. The zero-order valence-corrected chi connectivity index (χ0v) is 13.2. The molecular formula is C15H13F4N3O3. The molecule has 134 valence electrons. The molecular weight excluding hydrogens is 346 g/mol. The summed E-state index contributed by atoms with van der Waals surface area (Å²) in [4.78, 5) is 14.4. The Hall–Kier alpha value is -2.91. The molecule has 0 spiro atoms. The molecule has 0 aliphatic rings. The second kappa shape index (κ2) is 6.54. The Balaban J connectivity index is 2.83. The third-order valence-electron chi connectivity index (χ3n) is 3.25. The number of alkyl halides is 3. The average Bonchev–Trinajstić information content (AvgIpc) is 2.81. The monoisotopic (exact) mass is 359 g/mol. The molecule has 0 unspecified atom stereocenters. The minimum absolute atomic E-state index is 0.197. The Labute approximate surface area is 139 Å². The van der Waals surface area contributed by atoms with E-state index in [1.165, 1.54) is 7.05 Å². The molecule has 0 amide bonds. The highest BCUT2D eigenvalue weighted by Crippen LogP contribution is 2.40. The third-order valence-corrected chi connectivity index (χ3v) is 3.25. The lowest BCUT2D eigenvalue weighted by atomic mass is 10.0. The summed E-state index contributed by atoms with van der Waals surface area (Å²) in [6.45, 7) is 3.61. The highest BCUT2D eigenvalue weighted by molar-refractivity contribution is 5.94. The first-order valence-corrected chi connectivity index (χ1v) is 6.85. The van der Waals surface area contributed by atoms with Crippen LogP contribution in [0.15, 0.2) is 24.5 Å². The standard InChI is InChI=1S/C15H13F4N3O3/c1-4-8(7(2)16)13-12-9(15(17,18)19)5-10(25-6-11(23)24)20-14(12)22(3)21-13/h4-5H,1,6H2,2-3H3,(H,23,24)/b8-7-. The van der Waals surface area contributed by atoms with Gasteiger partial charge in [0, 0.05) is 18.7 Å². The number of aryl methyl sites for hydroxylation is 1. The van der Waals surface area contributed by atoms with Gasteiger partial charge in [-0.05, 0) is 6.92 Å². The number of aromatic nitrogens is 3. The summed E-state index contributed by atoms with van der Waals surface area (Å²) in [5.74, 6) is -2.65. The zero-order chi connectivity index (χ0) is 18.9. The van der Waals surface area contributed by atoms with E-state index >= 15 is 0 Å². The third kappa shape index (κ3) is 3.62. The van der Waals surface area contributed by atoms with Crippen molar-refractivity contribution in [1.29, 1.82) is 0 Å². The van der Waals surface area contributed by atoms with Crippen molar-refractivity contribution < 1.29 is 32.2 Å². The van der Waals surface area contributed by atoms with E-state index in [0.717, 1.165) is 17.7 Å². The van der Waals surface area contributed by atoms with Gasteiger partial charge in [0.1, 0.15) is 11.5 Å². The van der Waals surface area contributed by atoms with Crippen LogP contribution in [0.1, 0.15) is 18.2 Å². The normalized spacial score (nSPS) is 12.9. The summed E-state index contributed by atoms with van der Waals surface area (Å²) < 4.78 is 59.9. The second-order valence-electron chi connectivity index (χ2n) is 5.01. The number of allylic oxidation sites excluding steroid dienone is 3. The van der Waals surface area contributed by atoms with Gasteiger partial charge >= 0.3 is 12.1 Å². The summed E-state index contributed by atoms with van der Waals surface area (Å²) in [5.41, 5.74) is -1.86. The Bertz CT molecular complexity index is 880. The molecule has 0 aliphatic heterocycles. The van der Waals surface area contributed by atoms with Gasteiger partial charge in [-0.25, -0.2) is 13.9 Å². The average molecular weight is 359 g/mol. The molecule has 2 aromatic rings. The number of carboxylic acid groups (broad SMARTS) is 1. The number of hydrogen-bond acceptors (Lipinski definition) is 4. The van der Waals surface area contributed by atoms with Gasteiger partial charge in [0.05, 0.1) is 10.9 Å². The SMILES string of the molecule is C=C/C(=C(\C)F)c1nn(C)c2nc(OCC(=O)O)cc(C(F)(F)F)c12. The molecule has 2 heterocycles. The minimum atomic E-state index is -4.82. The van der Waals surface area contributed by atoms with Crippen LogP contribution in [-0.4, -0.2) is 32.4 Å². The van der Waals surface area contributed by atoms with Crippen LogP contribution in [-0.2, 0) is 18.0 Å². The first kappa shape index (κ1) is 18.4. The quantitative estimate of drug-likeness (QED) is 0.654. The number of aliphatic carboxylic acids is 1. The van der Waals surface area contributed by atoms with Gasteiger partial charge < -0.3 is 9.84 Å². The minimum Gasteiger partial charge on any atom is -0.479 e. The summed E-state index contributed by atoms with van der Waals surface area (Å²) in [7, 11) is 1.33. The second-order valence-corrected chi connectivity index (χ2v) is 5.01. The molecule has 0 aliphatic carbocycles. The number of ether oxygens (including phenoxy) is 1. The molecule has 1 N–H and O–H groups in total.